The average molecular weight is 476 g/mol. The van der Waals surface area contributed by atoms with E-state index < -0.39 is 0 Å². The number of guanidine groups is 1. The Bertz CT molecular complexity index is 602. The molecule has 0 spiro atoms. The summed E-state index contributed by atoms with van der Waals surface area (Å²) in [6.45, 7) is 8.46. The van der Waals surface area contributed by atoms with Crippen molar-refractivity contribution < 1.29 is 4.74 Å². The fourth-order valence-electron chi connectivity index (χ4n) is 3.67. The summed E-state index contributed by atoms with van der Waals surface area (Å²) in [4.78, 5) is 8.71. The second kappa shape index (κ2) is 9.34. The number of nitrogens with one attached hydrogen (secondary N) is 2. The number of ether oxygens (including phenoxy) is 1. The van der Waals surface area contributed by atoms with Crippen molar-refractivity contribution in [3.8, 4) is 0 Å². The molecule has 3 atom stereocenters. The van der Waals surface area contributed by atoms with Gasteiger partial charge in [-0.2, -0.15) is 5.10 Å². The first-order valence-electron chi connectivity index (χ1n) is 9.52. The lowest BCUT2D eigenvalue weighted by Gasteiger charge is -2.52. The predicted octanol–water partition coefficient (Wildman–Crippen LogP) is 2.36. The molecule has 2 N–H and O–H groups in total. The van der Waals surface area contributed by atoms with E-state index in [2.05, 4.69) is 46.5 Å². The lowest BCUT2D eigenvalue weighted by molar-refractivity contribution is -0.113. The van der Waals surface area contributed by atoms with Crippen molar-refractivity contribution in [1.29, 1.82) is 0 Å². The summed E-state index contributed by atoms with van der Waals surface area (Å²) in [6, 6.07) is 0.719. The molecule has 2 heterocycles. The van der Waals surface area contributed by atoms with Gasteiger partial charge >= 0.3 is 0 Å². The van der Waals surface area contributed by atoms with E-state index in [-0.39, 0.29) is 29.4 Å². The highest BCUT2D eigenvalue weighted by Crippen LogP contribution is 2.42. The number of halogens is 1. The molecule has 0 bridgehead atoms. The van der Waals surface area contributed by atoms with Crippen molar-refractivity contribution in [2.45, 2.75) is 77.6 Å². The molecule has 0 aromatic carbocycles. The number of hydrogen-bond acceptors (Lipinski definition) is 4. The molecule has 148 valence electrons. The molecule has 1 aliphatic carbocycles. The molecule has 1 aromatic rings. The van der Waals surface area contributed by atoms with Crippen molar-refractivity contribution in [1.82, 2.24) is 25.4 Å². The Morgan fingerprint density at radius 3 is 2.92 bits per heavy atom. The van der Waals surface area contributed by atoms with Gasteiger partial charge in [0.2, 0.25) is 0 Å². The highest BCUT2D eigenvalue weighted by atomic mass is 127. The van der Waals surface area contributed by atoms with Crippen LogP contribution in [-0.4, -0.2) is 52.6 Å². The predicted molar refractivity (Wildman–Crippen MR) is 114 cm³/mol. The topological polar surface area (TPSA) is 76.4 Å². The molecule has 1 fully saturated rings. The number of nitrogens with zero attached hydrogens (tertiary/aromatic N) is 4. The maximum atomic E-state index is 6.04. The Kier molecular flexibility index (Phi) is 7.69. The van der Waals surface area contributed by atoms with Gasteiger partial charge in [-0.3, -0.25) is 4.99 Å². The molecular weight excluding hydrogens is 443 g/mol. The van der Waals surface area contributed by atoms with Crippen molar-refractivity contribution in [3.05, 3.63) is 12.2 Å². The SMILES string of the molecule is CCCCOC1CC(NC(=NC)NC2CCc3ncnn3C2)C1(C)C.I. The van der Waals surface area contributed by atoms with Gasteiger partial charge in [0.25, 0.3) is 0 Å². The van der Waals surface area contributed by atoms with E-state index in [9.17, 15) is 0 Å². The van der Waals surface area contributed by atoms with Crippen LogP contribution in [0.1, 0.15) is 52.3 Å². The van der Waals surface area contributed by atoms with Gasteiger partial charge in [-0.25, -0.2) is 9.67 Å². The van der Waals surface area contributed by atoms with Crippen LogP contribution in [0.15, 0.2) is 11.3 Å². The first-order valence-corrected chi connectivity index (χ1v) is 9.52. The Morgan fingerprint density at radius 1 is 1.42 bits per heavy atom. The molecule has 0 saturated heterocycles. The van der Waals surface area contributed by atoms with Crippen LogP contribution in [0.25, 0.3) is 0 Å². The van der Waals surface area contributed by atoms with Gasteiger partial charge in [-0.05, 0) is 19.3 Å². The molecule has 3 rings (SSSR count). The monoisotopic (exact) mass is 476 g/mol. The quantitative estimate of drug-likeness (QED) is 0.286. The summed E-state index contributed by atoms with van der Waals surface area (Å²) >= 11 is 0. The maximum Gasteiger partial charge on any atom is 0.191 e. The van der Waals surface area contributed by atoms with Gasteiger partial charge in [-0.1, -0.05) is 27.2 Å². The van der Waals surface area contributed by atoms with Gasteiger partial charge in [0.1, 0.15) is 12.2 Å². The van der Waals surface area contributed by atoms with Gasteiger partial charge in [0, 0.05) is 37.6 Å². The van der Waals surface area contributed by atoms with Gasteiger partial charge in [0.05, 0.1) is 12.6 Å². The number of unbranched alkanes of at least 4 members (excludes halogenated alkanes) is 1. The van der Waals surface area contributed by atoms with Crippen molar-refractivity contribution in [3.63, 3.8) is 0 Å². The van der Waals surface area contributed by atoms with E-state index in [1.165, 1.54) is 6.42 Å². The minimum Gasteiger partial charge on any atom is -0.378 e. The molecule has 1 aliphatic heterocycles. The zero-order chi connectivity index (χ0) is 17.9. The minimum atomic E-state index is 0. The third-order valence-electron chi connectivity index (χ3n) is 5.68. The van der Waals surface area contributed by atoms with Crippen LogP contribution in [0, 0.1) is 5.41 Å². The summed E-state index contributed by atoms with van der Waals surface area (Å²) in [5.74, 6) is 1.95. The minimum absolute atomic E-state index is 0. The van der Waals surface area contributed by atoms with Crippen LogP contribution < -0.4 is 10.6 Å². The first kappa shape index (κ1) is 21.4. The van der Waals surface area contributed by atoms with E-state index in [0.29, 0.717) is 18.2 Å². The van der Waals surface area contributed by atoms with Gasteiger partial charge < -0.3 is 15.4 Å². The van der Waals surface area contributed by atoms with E-state index >= 15 is 0 Å². The largest absolute Gasteiger partial charge is 0.378 e. The van der Waals surface area contributed by atoms with Crippen molar-refractivity contribution >= 4 is 29.9 Å². The Labute approximate surface area is 173 Å². The van der Waals surface area contributed by atoms with Gasteiger partial charge in [-0.15, -0.1) is 24.0 Å². The molecule has 1 aromatic heterocycles. The number of aromatic nitrogens is 3. The fourth-order valence-corrected chi connectivity index (χ4v) is 3.67. The number of aliphatic imine (C=N–C) groups is 1. The molecule has 0 radical (unpaired) electrons. The molecule has 0 amide bonds. The molecule has 2 aliphatic rings. The van der Waals surface area contributed by atoms with Crippen LogP contribution >= 0.6 is 24.0 Å². The number of fused-ring (bicyclic) bond motifs is 1. The van der Waals surface area contributed by atoms with Crippen molar-refractivity contribution in [2.75, 3.05) is 13.7 Å². The number of hydrogen-bond donors (Lipinski definition) is 2. The second-order valence-electron chi connectivity index (χ2n) is 7.78. The maximum absolute atomic E-state index is 6.04. The number of aryl methyl sites for hydroxylation is 1. The van der Waals surface area contributed by atoms with Crippen LogP contribution in [0.2, 0.25) is 0 Å². The van der Waals surface area contributed by atoms with E-state index in [0.717, 1.165) is 50.6 Å². The summed E-state index contributed by atoms with van der Waals surface area (Å²) in [5, 5.41) is 11.4. The first-order chi connectivity index (χ1) is 12.0. The smallest absolute Gasteiger partial charge is 0.191 e. The van der Waals surface area contributed by atoms with Crippen LogP contribution in [0.5, 0.6) is 0 Å². The summed E-state index contributed by atoms with van der Waals surface area (Å²) in [6.07, 6.45) is 7.34. The lowest BCUT2D eigenvalue weighted by Crippen LogP contribution is -2.64. The van der Waals surface area contributed by atoms with Crippen LogP contribution in [-0.2, 0) is 17.7 Å². The normalized spacial score (nSPS) is 27.1. The zero-order valence-corrected chi connectivity index (χ0v) is 18.7. The molecule has 8 heteroatoms. The molecule has 1 saturated carbocycles. The Balaban J connectivity index is 0.00000243. The van der Waals surface area contributed by atoms with E-state index in [1.807, 2.05) is 11.7 Å². The zero-order valence-electron chi connectivity index (χ0n) is 16.4. The third kappa shape index (κ3) is 4.68. The van der Waals surface area contributed by atoms with E-state index in [4.69, 9.17) is 4.74 Å². The summed E-state index contributed by atoms with van der Waals surface area (Å²) < 4.78 is 8.03. The summed E-state index contributed by atoms with van der Waals surface area (Å²) in [7, 11) is 1.83. The second-order valence-corrected chi connectivity index (χ2v) is 7.78. The molecule has 26 heavy (non-hydrogen) atoms. The standard InChI is InChI=1S/C18H32N6O.HI/c1-5-6-9-25-15-10-14(18(15,2)3)23-17(19-4)22-13-7-8-16-20-12-21-24(16)11-13;/h12-15H,5-11H2,1-4H3,(H2,19,22,23);1H. The van der Waals surface area contributed by atoms with E-state index in [1.54, 1.807) is 6.33 Å². The Morgan fingerprint density at radius 2 is 2.23 bits per heavy atom. The molecule has 3 unspecified atom stereocenters. The number of rotatable bonds is 6. The van der Waals surface area contributed by atoms with Crippen LogP contribution in [0.4, 0.5) is 0 Å². The molecular formula is C18H33IN6O. The van der Waals surface area contributed by atoms with Crippen LogP contribution in [0.3, 0.4) is 0 Å². The average Bonchev–Trinajstić information content (AvgIpc) is 3.07. The lowest BCUT2D eigenvalue weighted by atomic mass is 9.64. The van der Waals surface area contributed by atoms with Gasteiger partial charge in [0.15, 0.2) is 5.96 Å². The fraction of sp³-hybridized carbons (Fsp3) is 0.833. The summed E-state index contributed by atoms with van der Waals surface area (Å²) in [5.41, 5.74) is 0.122. The highest BCUT2D eigenvalue weighted by molar-refractivity contribution is 14.0. The highest BCUT2D eigenvalue weighted by Gasteiger charge is 2.49. The third-order valence-corrected chi connectivity index (χ3v) is 5.68. The molecule has 7 nitrogen and oxygen atoms in total. The van der Waals surface area contributed by atoms with Crippen molar-refractivity contribution in [2.24, 2.45) is 10.4 Å². The Hall–Kier alpha value is -0.900.